The van der Waals surface area contributed by atoms with Gasteiger partial charge in [-0.15, -0.1) is 0 Å². The normalized spacial score (nSPS) is 18.7. The second-order valence-corrected chi connectivity index (χ2v) is 8.77. The Balaban J connectivity index is 2.02. The zero-order chi connectivity index (χ0) is 26.9. The third-order valence-electron chi connectivity index (χ3n) is 6.58. The predicted octanol–water partition coefficient (Wildman–Crippen LogP) is 2.34. The summed E-state index contributed by atoms with van der Waals surface area (Å²) >= 11 is 0. The Labute approximate surface area is 218 Å². The molecule has 0 aromatic heterocycles. The van der Waals surface area contributed by atoms with Crippen LogP contribution in [0.5, 0.6) is 11.5 Å². The minimum atomic E-state index is -0.760. The lowest BCUT2D eigenvalue weighted by molar-refractivity contribution is -0.139. The average Bonchev–Trinajstić information content (AvgIpc) is 3.14. The van der Waals surface area contributed by atoms with Crippen molar-refractivity contribution in [3.63, 3.8) is 0 Å². The fourth-order valence-electron chi connectivity index (χ4n) is 4.75. The van der Waals surface area contributed by atoms with E-state index in [2.05, 4.69) is 15.5 Å². The number of carbonyl (C=O) groups is 3. The van der Waals surface area contributed by atoms with Gasteiger partial charge in [-0.2, -0.15) is 0 Å². The quantitative estimate of drug-likeness (QED) is 0.484. The molecule has 0 bridgehead atoms. The first-order valence-corrected chi connectivity index (χ1v) is 12.8. The van der Waals surface area contributed by atoms with Crippen LogP contribution < -0.4 is 20.1 Å². The number of methoxy groups -OCH3 is 2. The standard InChI is InChI=1S/C26H39N5O6/c1-6-27-25(33)30-13-9-12-29(14-15-30)17-20-22(24(32)37-8-3)23(28-26(34)31(20)7-2)19-11-10-18(35-4)16-21(19)36-5/h10-11,16,23H,6-9,12-15,17H2,1-5H3,(H,27,33)(H,28,34). The SMILES string of the molecule is CCNC(=O)N1CCCN(CC2=C(C(=O)OCC)C(c3ccc(OC)cc3OC)NC(=O)N2CC)CC1. The third-order valence-corrected chi connectivity index (χ3v) is 6.58. The summed E-state index contributed by atoms with van der Waals surface area (Å²) in [6.45, 7) is 9.60. The monoisotopic (exact) mass is 517 g/mol. The van der Waals surface area contributed by atoms with E-state index >= 15 is 0 Å². The minimum absolute atomic E-state index is 0.0744. The molecule has 4 amide bonds. The van der Waals surface area contributed by atoms with Gasteiger partial charge in [0.1, 0.15) is 11.5 Å². The lowest BCUT2D eigenvalue weighted by Gasteiger charge is -2.38. The first-order valence-electron chi connectivity index (χ1n) is 12.8. The molecule has 0 saturated carbocycles. The molecule has 0 spiro atoms. The summed E-state index contributed by atoms with van der Waals surface area (Å²) in [5.74, 6) is 0.599. The van der Waals surface area contributed by atoms with Crippen molar-refractivity contribution in [3.8, 4) is 11.5 Å². The van der Waals surface area contributed by atoms with E-state index in [0.717, 1.165) is 13.0 Å². The van der Waals surface area contributed by atoms with Gasteiger partial charge in [-0.1, -0.05) is 0 Å². The highest BCUT2D eigenvalue weighted by Crippen LogP contribution is 2.38. The summed E-state index contributed by atoms with van der Waals surface area (Å²) in [6.07, 6.45) is 0.785. The van der Waals surface area contributed by atoms with Gasteiger partial charge in [0.25, 0.3) is 0 Å². The van der Waals surface area contributed by atoms with E-state index in [9.17, 15) is 14.4 Å². The van der Waals surface area contributed by atoms with Crippen LogP contribution in [0.25, 0.3) is 0 Å². The van der Waals surface area contributed by atoms with Crippen LogP contribution in [0.2, 0.25) is 0 Å². The van der Waals surface area contributed by atoms with Crippen LogP contribution in [0.1, 0.15) is 38.8 Å². The summed E-state index contributed by atoms with van der Waals surface area (Å²) in [6, 6.07) is 4.15. The number of esters is 1. The van der Waals surface area contributed by atoms with Crippen LogP contribution in [0.3, 0.4) is 0 Å². The maximum atomic E-state index is 13.4. The summed E-state index contributed by atoms with van der Waals surface area (Å²) in [7, 11) is 3.10. The summed E-state index contributed by atoms with van der Waals surface area (Å²) in [5.41, 5.74) is 1.60. The molecule has 1 saturated heterocycles. The number of benzene rings is 1. The van der Waals surface area contributed by atoms with Gasteiger partial charge in [0.05, 0.1) is 32.4 Å². The van der Waals surface area contributed by atoms with E-state index in [1.54, 1.807) is 42.0 Å². The second-order valence-electron chi connectivity index (χ2n) is 8.77. The van der Waals surface area contributed by atoms with E-state index in [-0.39, 0.29) is 18.7 Å². The molecular formula is C26H39N5O6. The number of nitrogens with zero attached hydrogens (tertiary/aromatic N) is 3. The molecule has 204 valence electrons. The highest BCUT2D eigenvalue weighted by molar-refractivity contribution is 5.95. The number of amides is 4. The molecule has 1 atom stereocenters. The Kier molecular flexibility index (Phi) is 10.0. The lowest BCUT2D eigenvalue weighted by atomic mass is 9.93. The fraction of sp³-hybridized carbons (Fsp3) is 0.577. The molecule has 1 aromatic carbocycles. The molecule has 37 heavy (non-hydrogen) atoms. The average molecular weight is 518 g/mol. The number of likely N-dealkylation sites (N-methyl/N-ethyl adjacent to an activating group) is 1. The third kappa shape index (κ3) is 6.46. The molecule has 1 unspecified atom stereocenters. The molecule has 2 aliphatic rings. The fourth-order valence-corrected chi connectivity index (χ4v) is 4.75. The number of rotatable bonds is 9. The van der Waals surface area contributed by atoms with Crippen LogP contribution in [-0.4, -0.2) is 99.4 Å². The van der Waals surface area contributed by atoms with Crippen LogP contribution in [0.4, 0.5) is 9.59 Å². The highest BCUT2D eigenvalue weighted by Gasteiger charge is 2.39. The molecule has 2 N–H and O–H groups in total. The Morgan fingerprint density at radius 2 is 1.86 bits per heavy atom. The number of nitrogens with one attached hydrogen (secondary N) is 2. The highest BCUT2D eigenvalue weighted by atomic mass is 16.5. The molecule has 0 aliphatic carbocycles. The van der Waals surface area contributed by atoms with Crippen molar-refractivity contribution in [2.24, 2.45) is 0 Å². The zero-order valence-electron chi connectivity index (χ0n) is 22.5. The largest absolute Gasteiger partial charge is 0.497 e. The minimum Gasteiger partial charge on any atom is -0.497 e. The van der Waals surface area contributed by atoms with Crippen LogP contribution >= 0.6 is 0 Å². The maximum Gasteiger partial charge on any atom is 0.338 e. The van der Waals surface area contributed by atoms with Crippen molar-refractivity contribution in [1.29, 1.82) is 0 Å². The molecule has 3 rings (SSSR count). The van der Waals surface area contributed by atoms with E-state index in [1.807, 2.05) is 13.8 Å². The van der Waals surface area contributed by atoms with E-state index < -0.39 is 12.0 Å². The smallest absolute Gasteiger partial charge is 0.338 e. The second kappa shape index (κ2) is 13.2. The lowest BCUT2D eigenvalue weighted by Crippen LogP contribution is -2.51. The van der Waals surface area contributed by atoms with Crippen molar-refractivity contribution in [2.75, 3.05) is 66.6 Å². The van der Waals surface area contributed by atoms with Crippen molar-refractivity contribution in [1.82, 2.24) is 25.3 Å². The predicted molar refractivity (Wildman–Crippen MR) is 139 cm³/mol. The van der Waals surface area contributed by atoms with Crippen LogP contribution in [0.15, 0.2) is 29.5 Å². The van der Waals surface area contributed by atoms with Crippen molar-refractivity contribution in [3.05, 3.63) is 35.0 Å². The van der Waals surface area contributed by atoms with Gasteiger partial charge >= 0.3 is 18.0 Å². The first-order chi connectivity index (χ1) is 17.9. The molecule has 1 fully saturated rings. The number of hydrogen-bond donors (Lipinski definition) is 2. The topological polar surface area (TPSA) is 113 Å². The number of hydrogen-bond acceptors (Lipinski definition) is 7. The number of carbonyl (C=O) groups excluding carboxylic acids is 3. The van der Waals surface area contributed by atoms with Crippen molar-refractivity contribution in [2.45, 2.75) is 33.2 Å². The molecule has 11 nitrogen and oxygen atoms in total. The molecule has 1 aromatic rings. The Morgan fingerprint density at radius 3 is 2.51 bits per heavy atom. The Bertz CT molecular complexity index is 1010. The molecule has 2 aliphatic heterocycles. The van der Waals surface area contributed by atoms with Crippen LogP contribution in [0, 0.1) is 0 Å². The molecule has 11 heteroatoms. The van der Waals surface area contributed by atoms with E-state index in [1.165, 1.54) is 7.11 Å². The first kappa shape index (κ1) is 28.1. The van der Waals surface area contributed by atoms with Gasteiger partial charge in [-0.25, -0.2) is 14.4 Å². The zero-order valence-corrected chi connectivity index (χ0v) is 22.5. The van der Waals surface area contributed by atoms with Gasteiger partial charge in [0.15, 0.2) is 0 Å². The Morgan fingerprint density at radius 1 is 1.08 bits per heavy atom. The van der Waals surface area contributed by atoms with Gasteiger partial charge in [0, 0.05) is 63.1 Å². The summed E-state index contributed by atoms with van der Waals surface area (Å²) < 4.78 is 16.4. The molecule has 2 heterocycles. The number of ether oxygens (including phenoxy) is 3. The van der Waals surface area contributed by atoms with Gasteiger partial charge < -0.3 is 29.7 Å². The molecule has 0 radical (unpaired) electrons. The van der Waals surface area contributed by atoms with E-state index in [4.69, 9.17) is 14.2 Å². The van der Waals surface area contributed by atoms with Gasteiger partial charge in [0.2, 0.25) is 0 Å². The van der Waals surface area contributed by atoms with Crippen LogP contribution in [-0.2, 0) is 9.53 Å². The number of urea groups is 2. The van der Waals surface area contributed by atoms with E-state index in [0.29, 0.717) is 67.6 Å². The maximum absolute atomic E-state index is 13.4. The molecular weight excluding hydrogens is 478 g/mol. The van der Waals surface area contributed by atoms with Crippen molar-refractivity contribution < 1.29 is 28.6 Å². The van der Waals surface area contributed by atoms with Crippen molar-refractivity contribution >= 4 is 18.0 Å². The summed E-state index contributed by atoms with van der Waals surface area (Å²) in [5, 5.41) is 5.83. The van der Waals surface area contributed by atoms with Gasteiger partial charge in [-0.3, -0.25) is 9.80 Å². The van der Waals surface area contributed by atoms with Gasteiger partial charge in [-0.05, 0) is 39.3 Å². The Hall–Kier alpha value is -3.47. The summed E-state index contributed by atoms with van der Waals surface area (Å²) in [4.78, 5) is 44.6.